The predicted octanol–water partition coefficient (Wildman–Crippen LogP) is 2.06. The number of nitrogens with zero attached hydrogens (tertiary/aromatic N) is 1. The van der Waals surface area contributed by atoms with Gasteiger partial charge in [-0.3, -0.25) is 10.2 Å². The van der Waals surface area contributed by atoms with E-state index < -0.39 is 5.41 Å². The molecule has 1 N–H and O–H groups in total. The van der Waals surface area contributed by atoms with Crippen molar-refractivity contribution in [3.63, 3.8) is 0 Å². The molecule has 1 aromatic heterocycles. The van der Waals surface area contributed by atoms with Gasteiger partial charge in [-0.05, 0) is 18.9 Å². The van der Waals surface area contributed by atoms with Crippen LogP contribution in [0.1, 0.15) is 18.4 Å². The van der Waals surface area contributed by atoms with Gasteiger partial charge in [0, 0.05) is 25.0 Å². The first kappa shape index (κ1) is 11.3. The molecule has 0 aliphatic heterocycles. The van der Waals surface area contributed by atoms with E-state index in [1.807, 2.05) is 38.4 Å². The van der Waals surface area contributed by atoms with Gasteiger partial charge in [0.05, 0.1) is 11.7 Å². The van der Waals surface area contributed by atoms with E-state index in [0.29, 0.717) is 0 Å². The average Bonchev–Trinajstić information content (AvgIpc) is 3.03. The zero-order chi connectivity index (χ0) is 12.8. The molecule has 0 saturated heterocycles. The highest BCUT2D eigenvalue weighted by Crippen LogP contribution is 2.51. The van der Waals surface area contributed by atoms with Crippen LogP contribution in [0.3, 0.4) is 0 Å². The Bertz CT molecular complexity index is 597. The summed E-state index contributed by atoms with van der Waals surface area (Å²) in [7, 11) is 3.64. The van der Waals surface area contributed by atoms with Gasteiger partial charge in [0.2, 0.25) is 5.91 Å². The minimum Gasteiger partial charge on any atom is -0.464 e. The molecule has 3 rings (SSSR count). The van der Waals surface area contributed by atoms with Gasteiger partial charge >= 0.3 is 0 Å². The summed E-state index contributed by atoms with van der Waals surface area (Å²) in [5.41, 5.74) is 4.31. The van der Waals surface area contributed by atoms with E-state index >= 15 is 0 Å². The third kappa shape index (κ3) is 1.61. The summed E-state index contributed by atoms with van der Waals surface area (Å²) in [5, 5.41) is 2.73. The molecule has 1 fully saturated rings. The number of para-hydroxylation sites is 1. The molecular formula is C14H16N2O2. The topological polar surface area (TPSA) is 45.5 Å². The van der Waals surface area contributed by atoms with Gasteiger partial charge in [-0.1, -0.05) is 18.2 Å². The summed E-state index contributed by atoms with van der Waals surface area (Å²) in [4.78, 5) is 12.3. The smallest absolute Gasteiger partial charge is 0.245 e. The van der Waals surface area contributed by atoms with Crippen molar-refractivity contribution in [2.45, 2.75) is 18.3 Å². The number of nitrogens with one attached hydrogen (secondary N) is 1. The first-order valence-electron chi connectivity index (χ1n) is 6.09. The number of carbonyl (C=O) groups excluding carboxylic acids is 1. The fourth-order valence-electron chi connectivity index (χ4n) is 2.40. The number of furan rings is 1. The maximum atomic E-state index is 12.3. The number of benzene rings is 1. The van der Waals surface area contributed by atoms with Gasteiger partial charge in [-0.25, -0.2) is 5.01 Å². The molecule has 2 aromatic rings. The Labute approximate surface area is 106 Å². The zero-order valence-corrected chi connectivity index (χ0v) is 10.6. The van der Waals surface area contributed by atoms with Crippen LogP contribution in [0.2, 0.25) is 0 Å². The number of carbonyl (C=O) groups is 1. The first-order valence-corrected chi connectivity index (χ1v) is 6.09. The highest BCUT2D eigenvalue weighted by atomic mass is 16.3. The minimum absolute atomic E-state index is 0.0547. The van der Waals surface area contributed by atoms with Crippen molar-refractivity contribution in [2.75, 3.05) is 14.1 Å². The maximum absolute atomic E-state index is 12.3. The monoisotopic (exact) mass is 244 g/mol. The van der Waals surface area contributed by atoms with E-state index in [1.54, 1.807) is 11.3 Å². The SMILES string of the molecule is CN(C)NC(=O)C1(c2coc3ccccc23)CC1. The van der Waals surface area contributed by atoms with Crippen molar-refractivity contribution in [3.05, 3.63) is 36.1 Å². The van der Waals surface area contributed by atoms with Gasteiger partial charge in [0.15, 0.2) is 0 Å². The molecule has 18 heavy (non-hydrogen) atoms. The lowest BCUT2D eigenvalue weighted by Gasteiger charge is -2.18. The zero-order valence-electron chi connectivity index (χ0n) is 10.6. The summed E-state index contributed by atoms with van der Waals surface area (Å²) >= 11 is 0. The molecule has 1 aromatic carbocycles. The van der Waals surface area contributed by atoms with Crippen LogP contribution in [-0.2, 0) is 10.2 Å². The van der Waals surface area contributed by atoms with Gasteiger partial charge < -0.3 is 4.42 Å². The van der Waals surface area contributed by atoms with Crippen LogP contribution in [0.5, 0.6) is 0 Å². The third-order valence-electron chi connectivity index (χ3n) is 3.51. The van der Waals surface area contributed by atoms with Crippen molar-refractivity contribution >= 4 is 16.9 Å². The summed E-state index contributed by atoms with van der Waals surface area (Å²) in [5.74, 6) is 0.0547. The molecule has 1 aliphatic carbocycles. The van der Waals surface area contributed by atoms with E-state index in [2.05, 4.69) is 5.43 Å². The molecule has 1 heterocycles. The van der Waals surface area contributed by atoms with Crippen molar-refractivity contribution in [2.24, 2.45) is 0 Å². The van der Waals surface area contributed by atoms with E-state index in [0.717, 1.165) is 29.4 Å². The Balaban J connectivity index is 2.01. The minimum atomic E-state index is -0.392. The summed E-state index contributed by atoms with van der Waals surface area (Å²) in [6.07, 6.45) is 3.50. The maximum Gasteiger partial charge on any atom is 0.245 e. The quantitative estimate of drug-likeness (QED) is 0.841. The summed E-state index contributed by atoms with van der Waals surface area (Å²) in [6, 6.07) is 7.85. The van der Waals surface area contributed by atoms with Crippen LogP contribution in [-0.4, -0.2) is 25.0 Å². The van der Waals surface area contributed by atoms with Crippen LogP contribution >= 0.6 is 0 Å². The second-order valence-corrected chi connectivity index (χ2v) is 5.06. The normalized spacial score (nSPS) is 17.1. The Kier molecular flexibility index (Phi) is 2.41. The number of rotatable bonds is 3. The Morgan fingerprint density at radius 1 is 1.33 bits per heavy atom. The number of amides is 1. The van der Waals surface area contributed by atoms with Crippen LogP contribution in [0.25, 0.3) is 11.0 Å². The lowest BCUT2D eigenvalue weighted by molar-refractivity contribution is -0.127. The molecule has 1 aliphatic rings. The summed E-state index contributed by atoms with van der Waals surface area (Å²) < 4.78 is 5.54. The van der Waals surface area contributed by atoms with Gasteiger partial charge in [0.25, 0.3) is 0 Å². The Morgan fingerprint density at radius 2 is 2.06 bits per heavy atom. The molecule has 0 spiro atoms. The average molecular weight is 244 g/mol. The van der Waals surface area contributed by atoms with Crippen molar-refractivity contribution in [1.29, 1.82) is 0 Å². The fraction of sp³-hybridized carbons (Fsp3) is 0.357. The molecule has 0 bridgehead atoms. The van der Waals surface area contributed by atoms with Crippen molar-refractivity contribution in [3.8, 4) is 0 Å². The lowest BCUT2D eigenvalue weighted by atomic mass is 9.95. The van der Waals surface area contributed by atoms with Crippen LogP contribution < -0.4 is 5.43 Å². The third-order valence-corrected chi connectivity index (χ3v) is 3.51. The molecule has 1 amide bonds. The van der Waals surface area contributed by atoms with E-state index in [9.17, 15) is 4.79 Å². The molecule has 4 nitrogen and oxygen atoms in total. The highest BCUT2D eigenvalue weighted by molar-refractivity contribution is 5.96. The Hall–Kier alpha value is -1.81. The van der Waals surface area contributed by atoms with Crippen LogP contribution in [0.4, 0.5) is 0 Å². The number of hydrazine groups is 1. The van der Waals surface area contributed by atoms with E-state index in [-0.39, 0.29) is 5.91 Å². The molecule has 0 radical (unpaired) electrons. The molecule has 0 unspecified atom stereocenters. The van der Waals surface area contributed by atoms with Crippen LogP contribution in [0, 0.1) is 0 Å². The molecule has 4 heteroatoms. The van der Waals surface area contributed by atoms with E-state index in [4.69, 9.17) is 4.42 Å². The standard InChI is InChI=1S/C14H16N2O2/c1-16(2)15-13(17)14(7-8-14)11-9-18-12-6-4-3-5-10(11)12/h3-6,9H,7-8H2,1-2H3,(H,15,17). The molecule has 0 atom stereocenters. The Morgan fingerprint density at radius 3 is 2.72 bits per heavy atom. The largest absolute Gasteiger partial charge is 0.464 e. The summed E-state index contributed by atoms with van der Waals surface area (Å²) in [6.45, 7) is 0. The second kappa shape index (κ2) is 3.85. The number of hydrogen-bond donors (Lipinski definition) is 1. The first-order chi connectivity index (χ1) is 8.63. The highest BCUT2D eigenvalue weighted by Gasteiger charge is 2.53. The number of hydrogen-bond acceptors (Lipinski definition) is 3. The lowest BCUT2D eigenvalue weighted by Crippen LogP contribution is -2.42. The van der Waals surface area contributed by atoms with Gasteiger partial charge in [-0.2, -0.15) is 0 Å². The van der Waals surface area contributed by atoms with Crippen LogP contribution in [0.15, 0.2) is 34.9 Å². The van der Waals surface area contributed by atoms with Crippen molar-refractivity contribution in [1.82, 2.24) is 10.4 Å². The fourth-order valence-corrected chi connectivity index (χ4v) is 2.40. The number of fused-ring (bicyclic) bond motifs is 1. The van der Waals surface area contributed by atoms with Gasteiger partial charge in [-0.15, -0.1) is 0 Å². The van der Waals surface area contributed by atoms with E-state index in [1.165, 1.54) is 0 Å². The van der Waals surface area contributed by atoms with Crippen molar-refractivity contribution < 1.29 is 9.21 Å². The molecule has 94 valence electrons. The second-order valence-electron chi connectivity index (χ2n) is 5.06. The van der Waals surface area contributed by atoms with Gasteiger partial charge in [0.1, 0.15) is 5.58 Å². The molecule has 1 saturated carbocycles. The molecular weight excluding hydrogens is 228 g/mol. The predicted molar refractivity (Wildman–Crippen MR) is 69.0 cm³/mol.